The minimum atomic E-state index is -0.764. The number of aryl methyl sites for hydroxylation is 1. The van der Waals surface area contributed by atoms with Gasteiger partial charge in [-0.25, -0.2) is 0 Å². The van der Waals surface area contributed by atoms with Gasteiger partial charge in [-0.3, -0.25) is 20.4 Å². The minimum Gasteiger partial charge on any atom is -0.484 e. The van der Waals surface area contributed by atoms with E-state index in [0.29, 0.717) is 11.5 Å². The number of ether oxygens (including phenoxy) is 2. The van der Waals surface area contributed by atoms with Crippen LogP contribution in [0.4, 0.5) is 0 Å². The molecule has 6 nitrogen and oxygen atoms in total. The first-order valence-corrected chi connectivity index (χ1v) is 9.61. The second-order valence-corrected chi connectivity index (χ2v) is 6.79. The Kier molecular flexibility index (Phi) is 7.05. The van der Waals surface area contributed by atoms with Crippen LogP contribution in [0.15, 0.2) is 78.9 Å². The van der Waals surface area contributed by atoms with Crippen LogP contribution in [0.5, 0.6) is 11.5 Å². The van der Waals surface area contributed by atoms with Crippen molar-refractivity contribution < 1.29 is 19.1 Å². The van der Waals surface area contributed by atoms with Crippen molar-refractivity contribution in [1.82, 2.24) is 10.9 Å². The Hall–Kier alpha value is -3.80. The Morgan fingerprint density at radius 1 is 0.800 bits per heavy atom. The highest BCUT2D eigenvalue weighted by Gasteiger charge is 2.15. The Balaban J connectivity index is 1.41. The third-order valence-electron chi connectivity index (χ3n) is 4.36. The topological polar surface area (TPSA) is 76.7 Å². The van der Waals surface area contributed by atoms with Gasteiger partial charge in [0.05, 0.1) is 0 Å². The van der Waals surface area contributed by atoms with Gasteiger partial charge in [-0.2, -0.15) is 0 Å². The van der Waals surface area contributed by atoms with Crippen LogP contribution in [0, 0.1) is 6.92 Å². The SMILES string of the molecule is Cc1ccc(O[C@@H](C)C(=O)NNC(=O)COc2ccc(-c3ccccc3)cc2)cc1. The van der Waals surface area contributed by atoms with Crippen molar-refractivity contribution in [2.45, 2.75) is 20.0 Å². The number of benzene rings is 3. The highest BCUT2D eigenvalue weighted by atomic mass is 16.5. The van der Waals surface area contributed by atoms with Crippen LogP contribution in [0.2, 0.25) is 0 Å². The average Bonchev–Trinajstić information content (AvgIpc) is 2.78. The zero-order valence-electron chi connectivity index (χ0n) is 16.9. The van der Waals surface area contributed by atoms with Gasteiger partial charge in [-0.1, -0.05) is 60.2 Å². The zero-order valence-corrected chi connectivity index (χ0v) is 16.9. The molecule has 0 heterocycles. The number of nitrogens with one attached hydrogen (secondary N) is 2. The molecule has 3 rings (SSSR count). The maximum atomic E-state index is 12.1. The van der Waals surface area contributed by atoms with Gasteiger partial charge in [0, 0.05) is 0 Å². The fourth-order valence-electron chi connectivity index (χ4n) is 2.67. The molecule has 2 amide bonds. The molecule has 0 unspecified atom stereocenters. The summed E-state index contributed by atoms with van der Waals surface area (Å²) in [6.45, 7) is 3.35. The summed E-state index contributed by atoms with van der Waals surface area (Å²) in [6, 6.07) is 24.8. The fourth-order valence-corrected chi connectivity index (χ4v) is 2.67. The standard InChI is InChI=1S/C24H24N2O4/c1-17-8-12-22(13-9-17)30-18(2)24(28)26-25-23(27)16-29-21-14-10-20(11-15-21)19-6-4-3-5-7-19/h3-15,18H,16H2,1-2H3,(H,25,27)(H,26,28)/t18-/m0/s1. The van der Waals surface area contributed by atoms with Gasteiger partial charge in [-0.05, 0) is 49.2 Å². The predicted molar refractivity (Wildman–Crippen MR) is 115 cm³/mol. The molecule has 3 aromatic carbocycles. The summed E-state index contributed by atoms with van der Waals surface area (Å²) in [6.07, 6.45) is -0.764. The molecular formula is C24H24N2O4. The van der Waals surface area contributed by atoms with Crippen LogP contribution >= 0.6 is 0 Å². The van der Waals surface area contributed by atoms with E-state index in [4.69, 9.17) is 9.47 Å². The van der Waals surface area contributed by atoms with E-state index < -0.39 is 17.9 Å². The second kappa shape index (κ2) is 10.1. The van der Waals surface area contributed by atoms with Gasteiger partial charge in [0.15, 0.2) is 12.7 Å². The number of hydrazine groups is 1. The van der Waals surface area contributed by atoms with Crippen molar-refractivity contribution in [1.29, 1.82) is 0 Å². The smallest absolute Gasteiger partial charge is 0.279 e. The molecule has 2 N–H and O–H groups in total. The molecule has 0 spiro atoms. The van der Waals surface area contributed by atoms with E-state index in [-0.39, 0.29) is 6.61 Å². The van der Waals surface area contributed by atoms with Crippen molar-refractivity contribution in [3.05, 3.63) is 84.4 Å². The number of carbonyl (C=O) groups excluding carboxylic acids is 2. The van der Waals surface area contributed by atoms with Crippen LogP contribution in [0.3, 0.4) is 0 Å². The van der Waals surface area contributed by atoms with Crippen molar-refractivity contribution in [3.63, 3.8) is 0 Å². The largest absolute Gasteiger partial charge is 0.484 e. The monoisotopic (exact) mass is 404 g/mol. The summed E-state index contributed by atoms with van der Waals surface area (Å²) < 4.78 is 11.0. The van der Waals surface area contributed by atoms with E-state index >= 15 is 0 Å². The summed E-state index contributed by atoms with van der Waals surface area (Å²) in [5, 5.41) is 0. The maximum Gasteiger partial charge on any atom is 0.279 e. The zero-order chi connectivity index (χ0) is 21.3. The number of hydrogen-bond acceptors (Lipinski definition) is 4. The highest BCUT2D eigenvalue weighted by Crippen LogP contribution is 2.22. The van der Waals surface area contributed by atoms with Crippen LogP contribution in [0.1, 0.15) is 12.5 Å². The molecule has 0 aliphatic heterocycles. The summed E-state index contributed by atoms with van der Waals surface area (Å²) in [5.41, 5.74) is 7.92. The first-order chi connectivity index (χ1) is 14.5. The van der Waals surface area contributed by atoms with E-state index in [0.717, 1.165) is 16.7 Å². The van der Waals surface area contributed by atoms with Gasteiger partial charge >= 0.3 is 0 Å². The Bertz CT molecular complexity index is 970. The van der Waals surface area contributed by atoms with E-state index in [1.54, 1.807) is 31.2 Å². The average molecular weight is 404 g/mol. The van der Waals surface area contributed by atoms with Crippen LogP contribution in [0.25, 0.3) is 11.1 Å². The summed E-state index contributed by atoms with van der Waals surface area (Å²) in [4.78, 5) is 24.0. The summed E-state index contributed by atoms with van der Waals surface area (Å²) in [5.74, 6) is 0.207. The molecule has 154 valence electrons. The molecule has 0 aromatic heterocycles. The van der Waals surface area contributed by atoms with Gasteiger partial charge in [0.2, 0.25) is 0 Å². The van der Waals surface area contributed by atoms with Gasteiger partial charge < -0.3 is 9.47 Å². The molecular weight excluding hydrogens is 380 g/mol. The lowest BCUT2D eigenvalue weighted by Crippen LogP contribution is -2.48. The van der Waals surface area contributed by atoms with E-state index in [1.807, 2.05) is 61.5 Å². The van der Waals surface area contributed by atoms with E-state index in [1.165, 1.54) is 0 Å². The van der Waals surface area contributed by atoms with E-state index in [2.05, 4.69) is 10.9 Å². The molecule has 0 radical (unpaired) electrons. The second-order valence-electron chi connectivity index (χ2n) is 6.79. The predicted octanol–water partition coefficient (Wildman–Crippen LogP) is 3.66. The lowest BCUT2D eigenvalue weighted by Gasteiger charge is -2.15. The first kappa shape index (κ1) is 20.9. The van der Waals surface area contributed by atoms with Crippen molar-refractivity contribution in [3.8, 4) is 22.6 Å². The Labute approximate surface area is 175 Å². The minimum absolute atomic E-state index is 0.224. The van der Waals surface area contributed by atoms with Crippen molar-refractivity contribution >= 4 is 11.8 Å². The highest BCUT2D eigenvalue weighted by molar-refractivity contribution is 5.85. The molecule has 0 saturated carbocycles. The number of hydrogen-bond donors (Lipinski definition) is 2. The van der Waals surface area contributed by atoms with Crippen LogP contribution in [-0.4, -0.2) is 24.5 Å². The normalized spacial score (nSPS) is 11.3. The molecule has 6 heteroatoms. The molecule has 3 aromatic rings. The quantitative estimate of drug-likeness (QED) is 0.590. The number of rotatable bonds is 7. The summed E-state index contributed by atoms with van der Waals surface area (Å²) in [7, 11) is 0. The number of amides is 2. The molecule has 0 fully saturated rings. The molecule has 0 aliphatic rings. The molecule has 0 aliphatic carbocycles. The number of carbonyl (C=O) groups is 2. The molecule has 1 atom stereocenters. The third kappa shape index (κ3) is 6.10. The van der Waals surface area contributed by atoms with Crippen molar-refractivity contribution in [2.75, 3.05) is 6.61 Å². The first-order valence-electron chi connectivity index (χ1n) is 9.61. The molecule has 0 saturated heterocycles. The Morgan fingerprint density at radius 3 is 2.07 bits per heavy atom. The molecule has 30 heavy (non-hydrogen) atoms. The van der Waals surface area contributed by atoms with Crippen LogP contribution in [-0.2, 0) is 9.59 Å². The third-order valence-corrected chi connectivity index (χ3v) is 4.36. The Morgan fingerprint density at radius 2 is 1.40 bits per heavy atom. The molecule has 0 bridgehead atoms. The lowest BCUT2D eigenvalue weighted by atomic mass is 10.1. The van der Waals surface area contributed by atoms with Gasteiger partial charge in [0.25, 0.3) is 11.8 Å². The van der Waals surface area contributed by atoms with Crippen LogP contribution < -0.4 is 20.3 Å². The van der Waals surface area contributed by atoms with Gasteiger partial charge in [0.1, 0.15) is 11.5 Å². The fraction of sp³-hybridized carbons (Fsp3) is 0.167. The van der Waals surface area contributed by atoms with E-state index in [9.17, 15) is 9.59 Å². The maximum absolute atomic E-state index is 12.1. The van der Waals surface area contributed by atoms with Gasteiger partial charge in [-0.15, -0.1) is 0 Å². The van der Waals surface area contributed by atoms with Crippen molar-refractivity contribution in [2.24, 2.45) is 0 Å². The lowest BCUT2D eigenvalue weighted by molar-refractivity contribution is -0.133. The summed E-state index contributed by atoms with van der Waals surface area (Å²) >= 11 is 0.